The zero-order valence-corrected chi connectivity index (χ0v) is 9.16. The van der Waals surface area contributed by atoms with Crippen LogP contribution in [-0.2, 0) is 6.54 Å². The first-order valence-corrected chi connectivity index (χ1v) is 5.43. The van der Waals surface area contributed by atoms with Gasteiger partial charge in [0.25, 0.3) is 0 Å². The first-order chi connectivity index (χ1) is 7.92. The molecular weight excluding hydrogens is 202 g/mol. The van der Waals surface area contributed by atoms with Crippen molar-refractivity contribution in [3.8, 4) is 23.8 Å². The number of fused-ring (bicyclic) bond motifs is 1. The molecule has 0 radical (unpaired) electrons. The Balaban J connectivity index is 2.15. The molecule has 0 unspecified atom stereocenters. The Kier molecular flexibility index (Phi) is 3.68. The maximum absolute atomic E-state index is 5.69. The average molecular weight is 217 g/mol. The number of para-hydroxylation sites is 1. The molecule has 1 aromatic rings. The molecule has 3 heteroatoms. The number of ether oxygens (including phenoxy) is 2. The fraction of sp³-hybridized carbons (Fsp3) is 0.385. The minimum atomic E-state index is 0.560. The number of rotatable bonds is 3. The van der Waals surface area contributed by atoms with Crippen LogP contribution in [0.5, 0.6) is 11.5 Å². The lowest BCUT2D eigenvalue weighted by molar-refractivity contribution is 0.296. The number of terminal acetylenes is 1. The van der Waals surface area contributed by atoms with E-state index in [1.165, 1.54) is 0 Å². The molecule has 0 amide bonds. The lowest BCUT2D eigenvalue weighted by Crippen LogP contribution is -2.14. The SMILES string of the molecule is C#CCNCc1cccc2c1OCCCO2. The fourth-order valence-corrected chi connectivity index (χ4v) is 1.66. The van der Waals surface area contributed by atoms with E-state index in [0.29, 0.717) is 26.3 Å². The van der Waals surface area contributed by atoms with E-state index in [9.17, 15) is 0 Å². The van der Waals surface area contributed by atoms with E-state index in [1.54, 1.807) is 0 Å². The van der Waals surface area contributed by atoms with Crippen LogP contribution in [0.2, 0.25) is 0 Å². The highest BCUT2D eigenvalue weighted by atomic mass is 16.5. The highest BCUT2D eigenvalue weighted by molar-refractivity contribution is 5.47. The predicted octanol–water partition coefficient (Wildman–Crippen LogP) is 1.57. The van der Waals surface area contributed by atoms with Crippen LogP contribution in [0.4, 0.5) is 0 Å². The minimum Gasteiger partial charge on any atom is -0.490 e. The summed E-state index contributed by atoms with van der Waals surface area (Å²) in [5.41, 5.74) is 1.09. The van der Waals surface area contributed by atoms with Crippen LogP contribution in [0.15, 0.2) is 18.2 Å². The molecule has 1 N–H and O–H groups in total. The molecule has 1 aromatic carbocycles. The highest BCUT2D eigenvalue weighted by Crippen LogP contribution is 2.32. The summed E-state index contributed by atoms with van der Waals surface area (Å²) in [6.45, 7) is 2.69. The molecule has 1 heterocycles. The highest BCUT2D eigenvalue weighted by Gasteiger charge is 2.13. The second-order valence-electron chi connectivity index (χ2n) is 3.60. The smallest absolute Gasteiger partial charge is 0.165 e. The van der Waals surface area contributed by atoms with Crippen molar-refractivity contribution in [3.05, 3.63) is 23.8 Å². The van der Waals surface area contributed by atoms with Gasteiger partial charge in [0.05, 0.1) is 19.8 Å². The van der Waals surface area contributed by atoms with E-state index in [2.05, 4.69) is 11.2 Å². The van der Waals surface area contributed by atoms with Crippen molar-refractivity contribution < 1.29 is 9.47 Å². The van der Waals surface area contributed by atoms with Gasteiger partial charge in [-0.15, -0.1) is 6.42 Å². The van der Waals surface area contributed by atoms with Gasteiger partial charge in [-0.05, 0) is 6.07 Å². The summed E-state index contributed by atoms with van der Waals surface area (Å²) >= 11 is 0. The third-order valence-corrected chi connectivity index (χ3v) is 2.40. The van der Waals surface area contributed by atoms with Crippen LogP contribution in [0.25, 0.3) is 0 Å². The number of nitrogens with one attached hydrogen (secondary N) is 1. The van der Waals surface area contributed by atoms with Crippen LogP contribution < -0.4 is 14.8 Å². The molecule has 0 atom stereocenters. The summed E-state index contributed by atoms with van der Waals surface area (Å²) in [7, 11) is 0. The van der Waals surface area contributed by atoms with E-state index in [-0.39, 0.29) is 0 Å². The van der Waals surface area contributed by atoms with Crippen molar-refractivity contribution >= 4 is 0 Å². The zero-order chi connectivity index (χ0) is 11.2. The fourth-order valence-electron chi connectivity index (χ4n) is 1.66. The first kappa shape index (κ1) is 10.8. The Hall–Kier alpha value is -1.66. The van der Waals surface area contributed by atoms with Crippen LogP contribution in [-0.4, -0.2) is 19.8 Å². The van der Waals surface area contributed by atoms with Gasteiger partial charge in [-0.1, -0.05) is 18.1 Å². The predicted molar refractivity (Wildman–Crippen MR) is 62.6 cm³/mol. The van der Waals surface area contributed by atoms with Gasteiger partial charge < -0.3 is 14.8 Å². The lowest BCUT2D eigenvalue weighted by Gasteiger charge is -2.12. The molecule has 0 fully saturated rings. The Bertz CT molecular complexity index is 395. The Morgan fingerprint density at radius 3 is 3.06 bits per heavy atom. The standard InChI is InChI=1S/C13H15NO2/c1-2-7-14-10-11-5-3-6-12-13(11)16-9-4-8-15-12/h1,3,5-6,14H,4,7-10H2. The lowest BCUT2D eigenvalue weighted by atomic mass is 10.2. The van der Waals surface area contributed by atoms with E-state index in [1.807, 2.05) is 18.2 Å². The van der Waals surface area contributed by atoms with Gasteiger partial charge >= 0.3 is 0 Å². The number of hydrogen-bond acceptors (Lipinski definition) is 3. The summed E-state index contributed by atoms with van der Waals surface area (Å²) in [5.74, 6) is 4.23. The normalized spacial score (nSPS) is 13.9. The molecule has 2 rings (SSSR count). The van der Waals surface area contributed by atoms with Crippen molar-refractivity contribution in [2.45, 2.75) is 13.0 Å². The van der Waals surface area contributed by atoms with E-state index >= 15 is 0 Å². The van der Waals surface area contributed by atoms with Gasteiger partial charge in [-0.25, -0.2) is 0 Å². The van der Waals surface area contributed by atoms with Crippen molar-refractivity contribution in [3.63, 3.8) is 0 Å². The van der Waals surface area contributed by atoms with Gasteiger partial charge in [-0.2, -0.15) is 0 Å². The number of hydrogen-bond donors (Lipinski definition) is 1. The third-order valence-electron chi connectivity index (χ3n) is 2.40. The summed E-state index contributed by atoms with van der Waals surface area (Å²) in [4.78, 5) is 0. The molecule has 84 valence electrons. The van der Waals surface area contributed by atoms with Crippen molar-refractivity contribution in [2.75, 3.05) is 19.8 Å². The molecule has 1 aliphatic heterocycles. The second kappa shape index (κ2) is 5.43. The van der Waals surface area contributed by atoms with E-state index in [4.69, 9.17) is 15.9 Å². The van der Waals surface area contributed by atoms with Crippen LogP contribution in [0.3, 0.4) is 0 Å². The van der Waals surface area contributed by atoms with E-state index < -0.39 is 0 Å². The Morgan fingerprint density at radius 2 is 2.19 bits per heavy atom. The van der Waals surface area contributed by atoms with Crippen molar-refractivity contribution in [2.24, 2.45) is 0 Å². The molecule has 0 aliphatic carbocycles. The maximum atomic E-state index is 5.69. The quantitative estimate of drug-likeness (QED) is 0.616. The van der Waals surface area contributed by atoms with Gasteiger partial charge in [-0.3, -0.25) is 0 Å². The second-order valence-corrected chi connectivity index (χ2v) is 3.60. The Morgan fingerprint density at radius 1 is 1.31 bits per heavy atom. The van der Waals surface area contributed by atoms with Crippen molar-refractivity contribution in [1.82, 2.24) is 5.32 Å². The molecule has 0 spiro atoms. The molecule has 16 heavy (non-hydrogen) atoms. The first-order valence-electron chi connectivity index (χ1n) is 5.43. The van der Waals surface area contributed by atoms with Crippen LogP contribution in [0, 0.1) is 12.3 Å². The van der Waals surface area contributed by atoms with Crippen LogP contribution in [0.1, 0.15) is 12.0 Å². The summed E-state index contributed by atoms with van der Waals surface area (Å²) < 4.78 is 11.3. The largest absolute Gasteiger partial charge is 0.490 e. The minimum absolute atomic E-state index is 0.560. The average Bonchev–Trinajstić information content (AvgIpc) is 2.55. The molecule has 0 saturated carbocycles. The topological polar surface area (TPSA) is 30.5 Å². The van der Waals surface area contributed by atoms with Gasteiger partial charge in [0.2, 0.25) is 0 Å². The van der Waals surface area contributed by atoms with Crippen LogP contribution >= 0.6 is 0 Å². The van der Waals surface area contributed by atoms with Gasteiger partial charge in [0.15, 0.2) is 11.5 Å². The summed E-state index contributed by atoms with van der Waals surface area (Å²) in [6, 6.07) is 5.93. The van der Waals surface area contributed by atoms with Gasteiger partial charge in [0.1, 0.15) is 0 Å². The molecule has 0 aromatic heterocycles. The third kappa shape index (κ3) is 2.47. The molecule has 1 aliphatic rings. The van der Waals surface area contributed by atoms with E-state index in [0.717, 1.165) is 23.5 Å². The molecule has 0 bridgehead atoms. The number of benzene rings is 1. The summed E-state index contributed by atoms with van der Waals surface area (Å²) in [6.07, 6.45) is 6.11. The zero-order valence-electron chi connectivity index (χ0n) is 9.16. The van der Waals surface area contributed by atoms with Gasteiger partial charge in [0, 0.05) is 18.5 Å². The van der Waals surface area contributed by atoms with Crippen molar-refractivity contribution in [1.29, 1.82) is 0 Å². The summed E-state index contributed by atoms with van der Waals surface area (Å²) in [5, 5.41) is 3.15. The molecule has 3 nitrogen and oxygen atoms in total. The molecule has 0 saturated heterocycles. The Labute approximate surface area is 95.8 Å². The maximum Gasteiger partial charge on any atom is 0.165 e. The molecular formula is C13H15NO2. The monoisotopic (exact) mass is 217 g/mol.